The predicted octanol–water partition coefficient (Wildman–Crippen LogP) is -0.469. The highest BCUT2D eigenvalue weighted by atomic mass is 32.3. The van der Waals surface area contributed by atoms with Crippen LogP contribution in [0.5, 0.6) is 0 Å². The molecule has 0 spiro atoms. The fraction of sp³-hybridized carbons (Fsp3) is 0.769. The molecule has 2 N–H and O–H groups in total. The zero-order chi connectivity index (χ0) is 18.3. The first kappa shape index (κ1) is 19.2. The molecule has 138 valence electrons. The summed E-state index contributed by atoms with van der Waals surface area (Å²) >= 11 is 0. The van der Waals surface area contributed by atoms with Crippen molar-refractivity contribution in [1.82, 2.24) is 0 Å². The number of hydrogen-bond donors (Lipinski definition) is 2. The molecule has 0 aromatic rings. The van der Waals surface area contributed by atoms with E-state index in [2.05, 4.69) is 10.8 Å². The fourth-order valence-corrected chi connectivity index (χ4v) is 2.73. The van der Waals surface area contributed by atoms with Crippen LogP contribution in [-0.2, 0) is 38.3 Å². The molecule has 0 radical (unpaired) electrons. The maximum atomic E-state index is 11.8. The number of carbonyl (C=O) groups excluding carboxylic acids is 1. The van der Waals surface area contributed by atoms with Gasteiger partial charge in [-0.1, -0.05) is 6.58 Å². The van der Waals surface area contributed by atoms with Crippen molar-refractivity contribution in [3.63, 3.8) is 0 Å². The SMILES string of the molecule is C=C(C)C(=O)O[C@@H]1[C@H]2OC(C)(C)O[C@H]2O[C@@H]1[C@H](O)COS(=O)(=O)O. The molecular weight excluding hydrogens is 348 g/mol. The minimum atomic E-state index is -4.74. The van der Waals surface area contributed by atoms with Gasteiger partial charge >= 0.3 is 16.4 Å². The average molecular weight is 368 g/mol. The largest absolute Gasteiger partial charge is 0.453 e. The number of aliphatic hydroxyl groups excluding tert-OH is 1. The molecule has 24 heavy (non-hydrogen) atoms. The Morgan fingerprint density at radius 3 is 2.54 bits per heavy atom. The van der Waals surface area contributed by atoms with Gasteiger partial charge < -0.3 is 24.1 Å². The highest BCUT2D eigenvalue weighted by Crippen LogP contribution is 2.39. The van der Waals surface area contributed by atoms with Crippen molar-refractivity contribution >= 4 is 16.4 Å². The highest BCUT2D eigenvalue weighted by molar-refractivity contribution is 7.80. The number of carbonyl (C=O) groups is 1. The van der Waals surface area contributed by atoms with E-state index in [1.54, 1.807) is 13.8 Å². The second kappa shape index (κ2) is 6.67. The lowest BCUT2D eigenvalue weighted by atomic mass is 10.1. The molecule has 0 saturated carbocycles. The van der Waals surface area contributed by atoms with E-state index < -0.39 is 59.5 Å². The van der Waals surface area contributed by atoms with Gasteiger partial charge in [0.1, 0.15) is 12.2 Å². The third-order valence-corrected chi connectivity index (χ3v) is 3.82. The Morgan fingerprint density at radius 2 is 2.00 bits per heavy atom. The fourth-order valence-electron chi connectivity index (χ4n) is 2.42. The molecule has 2 rings (SSSR count). The first-order valence-corrected chi connectivity index (χ1v) is 8.43. The van der Waals surface area contributed by atoms with E-state index >= 15 is 0 Å². The Morgan fingerprint density at radius 1 is 1.38 bits per heavy atom. The summed E-state index contributed by atoms with van der Waals surface area (Å²) in [4.78, 5) is 11.8. The molecule has 10 nitrogen and oxygen atoms in total. The van der Waals surface area contributed by atoms with Crippen molar-refractivity contribution in [2.75, 3.05) is 6.61 Å². The van der Waals surface area contributed by atoms with Crippen molar-refractivity contribution in [3.05, 3.63) is 12.2 Å². The summed E-state index contributed by atoms with van der Waals surface area (Å²) in [7, 11) is -4.74. The lowest BCUT2D eigenvalue weighted by molar-refractivity contribution is -0.230. The smallest absolute Gasteiger partial charge is 0.397 e. The van der Waals surface area contributed by atoms with Crippen LogP contribution in [0.4, 0.5) is 0 Å². The molecule has 0 amide bonds. The normalized spacial score (nSPS) is 33.0. The molecular formula is C13H20O10S. The van der Waals surface area contributed by atoms with Crippen LogP contribution in [0.3, 0.4) is 0 Å². The van der Waals surface area contributed by atoms with Gasteiger partial charge in [0, 0.05) is 5.57 Å². The molecule has 2 heterocycles. The molecule has 2 saturated heterocycles. The molecule has 0 unspecified atom stereocenters. The molecule has 0 aromatic heterocycles. The molecule has 0 aromatic carbocycles. The van der Waals surface area contributed by atoms with Crippen LogP contribution in [0, 0.1) is 0 Å². The number of fused-ring (bicyclic) bond motifs is 1. The summed E-state index contributed by atoms with van der Waals surface area (Å²) < 4.78 is 55.8. The van der Waals surface area contributed by atoms with Crippen LogP contribution < -0.4 is 0 Å². The molecule has 2 fully saturated rings. The standard InChI is InChI=1S/C13H20O10S/c1-6(2)11(15)20-9-8(7(14)5-19-24(16,17)18)21-12-10(9)22-13(3,4)23-12/h7-10,12,14H,1,5H2,2-4H3,(H,16,17,18)/t7-,8-,9+,10-,12-/m1/s1. The Labute approximate surface area is 139 Å². The number of ether oxygens (including phenoxy) is 4. The molecule has 5 atom stereocenters. The minimum Gasteiger partial charge on any atom is -0.453 e. The minimum absolute atomic E-state index is 0.124. The van der Waals surface area contributed by atoms with Crippen molar-refractivity contribution < 1.29 is 46.0 Å². The number of hydrogen-bond acceptors (Lipinski definition) is 9. The lowest BCUT2D eigenvalue weighted by Gasteiger charge is -2.28. The van der Waals surface area contributed by atoms with E-state index in [4.69, 9.17) is 23.5 Å². The molecule has 2 aliphatic rings. The van der Waals surface area contributed by atoms with Crippen LogP contribution in [0.1, 0.15) is 20.8 Å². The van der Waals surface area contributed by atoms with Gasteiger partial charge in [-0.2, -0.15) is 8.42 Å². The van der Waals surface area contributed by atoms with Gasteiger partial charge in [0.15, 0.2) is 24.3 Å². The average Bonchev–Trinajstić information content (AvgIpc) is 2.88. The van der Waals surface area contributed by atoms with Gasteiger partial charge in [0.2, 0.25) is 0 Å². The quantitative estimate of drug-likeness (QED) is 0.359. The van der Waals surface area contributed by atoms with Crippen molar-refractivity contribution in [3.8, 4) is 0 Å². The zero-order valence-electron chi connectivity index (χ0n) is 13.4. The second-order valence-electron chi connectivity index (χ2n) is 6.00. The lowest BCUT2D eigenvalue weighted by Crippen LogP contribution is -2.45. The number of rotatable bonds is 6. The van der Waals surface area contributed by atoms with Crippen molar-refractivity contribution in [1.29, 1.82) is 0 Å². The summed E-state index contributed by atoms with van der Waals surface area (Å²) in [6.07, 6.45) is -5.54. The number of aliphatic hydroxyl groups is 1. The van der Waals surface area contributed by atoms with Crippen molar-refractivity contribution in [2.24, 2.45) is 0 Å². The van der Waals surface area contributed by atoms with E-state index in [9.17, 15) is 18.3 Å². The van der Waals surface area contributed by atoms with Gasteiger partial charge in [-0.3, -0.25) is 4.55 Å². The molecule has 0 bridgehead atoms. The summed E-state index contributed by atoms with van der Waals surface area (Å²) in [5.41, 5.74) is 0.124. The Kier molecular flexibility index (Phi) is 5.35. The monoisotopic (exact) mass is 368 g/mol. The zero-order valence-corrected chi connectivity index (χ0v) is 14.2. The van der Waals surface area contributed by atoms with Gasteiger partial charge in [-0.25, -0.2) is 8.98 Å². The topological polar surface area (TPSA) is 138 Å². The van der Waals surface area contributed by atoms with Crippen LogP contribution in [0.2, 0.25) is 0 Å². The van der Waals surface area contributed by atoms with Gasteiger partial charge in [-0.15, -0.1) is 0 Å². The third-order valence-electron chi connectivity index (χ3n) is 3.39. The molecule has 11 heteroatoms. The Bertz CT molecular complexity index is 612. The highest BCUT2D eigenvalue weighted by Gasteiger charge is 2.58. The first-order chi connectivity index (χ1) is 10.9. The Hall–Kier alpha value is -1.08. The van der Waals surface area contributed by atoms with Gasteiger partial charge in [0.05, 0.1) is 6.61 Å². The first-order valence-electron chi connectivity index (χ1n) is 7.07. The van der Waals surface area contributed by atoms with Gasteiger partial charge in [-0.05, 0) is 20.8 Å². The van der Waals surface area contributed by atoms with E-state index in [-0.39, 0.29) is 5.57 Å². The summed E-state index contributed by atoms with van der Waals surface area (Å²) in [6.45, 7) is 7.38. The third kappa shape index (κ3) is 4.51. The van der Waals surface area contributed by atoms with E-state index in [1.165, 1.54) is 6.92 Å². The second-order valence-corrected chi connectivity index (χ2v) is 7.09. The maximum absolute atomic E-state index is 11.8. The van der Waals surface area contributed by atoms with Crippen molar-refractivity contribution in [2.45, 2.75) is 57.3 Å². The van der Waals surface area contributed by atoms with Crippen LogP contribution in [0.15, 0.2) is 12.2 Å². The Balaban J connectivity index is 2.14. The summed E-state index contributed by atoms with van der Waals surface area (Å²) in [5, 5.41) is 10.1. The maximum Gasteiger partial charge on any atom is 0.397 e. The van der Waals surface area contributed by atoms with Gasteiger partial charge in [0.25, 0.3) is 0 Å². The van der Waals surface area contributed by atoms with E-state index in [0.717, 1.165) is 0 Å². The summed E-state index contributed by atoms with van der Waals surface area (Å²) in [6, 6.07) is 0. The van der Waals surface area contributed by atoms with Crippen LogP contribution in [0.25, 0.3) is 0 Å². The molecule has 0 aliphatic carbocycles. The van der Waals surface area contributed by atoms with Crippen LogP contribution >= 0.6 is 0 Å². The predicted molar refractivity (Wildman–Crippen MR) is 76.9 cm³/mol. The number of esters is 1. The summed E-state index contributed by atoms with van der Waals surface area (Å²) in [5.74, 6) is -1.71. The van der Waals surface area contributed by atoms with Crippen LogP contribution in [-0.4, -0.2) is 67.1 Å². The van der Waals surface area contributed by atoms with E-state index in [1.807, 2.05) is 0 Å². The van der Waals surface area contributed by atoms with E-state index in [0.29, 0.717) is 0 Å². The molecule has 2 aliphatic heterocycles.